The largest absolute Gasteiger partial charge is 0.469 e. The van der Waals surface area contributed by atoms with Crippen molar-refractivity contribution in [3.8, 4) is 0 Å². The van der Waals surface area contributed by atoms with Gasteiger partial charge in [0, 0.05) is 24.1 Å². The van der Waals surface area contributed by atoms with Crippen LogP contribution in [0.3, 0.4) is 0 Å². The summed E-state index contributed by atoms with van der Waals surface area (Å²) in [6.07, 6.45) is 0.346. The molecule has 0 bridgehead atoms. The minimum Gasteiger partial charge on any atom is -0.469 e. The zero-order chi connectivity index (χ0) is 15.0. The number of nitro groups is 1. The van der Waals surface area contributed by atoms with Crippen LogP contribution in [0.1, 0.15) is 18.9 Å². The number of hydrogen-bond acceptors (Lipinski definition) is 6. The monoisotopic (exact) mass is 298 g/mol. The molecule has 0 saturated carbocycles. The first kappa shape index (κ1) is 16.3. The maximum Gasteiger partial charge on any atom is 0.306 e. The fourth-order valence-electron chi connectivity index (χ4n) is 1.61. The lowest BCUT2D eigenvalue weighted by atomic mass is 10.2. The summed E-state index contributed by atoms with van der Waals surface area (Å²) in [6, 6.07) is 5.15. The van der Waals surface area contributed by atoms with Gasteiger partial charge in [-0.3, -0.25) is 14.9 Å². The molecule has 7 heteroatoms. The number of hydrogen-bond donors (Lipinski definition) is 1. The number of rotatable bonds is 8. The first-order valence-electron chi connectivity index (χ1n) is 6.24. The summed E-state index contributed by atoms with van der Waals surface area (Å²) in [6.45, 7) is 2.52. The Morgan fingerprint density at radius 1 is 1.50 bits per heavy atom. The van der Waals surface area contributed by atoms with Gasteiger partial charge in [0.15, 0.2) is 0 Å². The van der Waals surface area contributed by atoms with Crippen LogP contribution >= 0.6 is 11.8 Å². The van der Waals surface area contributed by atoms with E-state index in [4.69, 9.17) is 0 Å². The average Bonchev–Trinajstić information content (AvgIpc) is 2.44. The first-order chi connectivity index (χ1) is 9.58. The minimum absolute atomic E-state index is 0.0814. The highest BCUT2D eigenvalue weighted by atomic mass is 32.2. The number of methoxy groups -OCH3 is 1. The molecular weight excluding hydrogens is 280 g/mol. The smallest absolute Gasteiger partial charge is 0.306 e. The molecule has 110 valence electrons. The molecule has 0 heterocycles. The number of nitro benzene ring substituents is 1. The van der Waals surface area contributed by atoms with Crippen LogP contribution in [0.15, 0.2) is 18.2 Å². The lowest BCUT2D eigenvalue weighted by Gasteiger charge is -2.07. The lowest BCUT2D eigenvalue weighted by Crippen LogP contribution is -2.02. The number of nitrogens with zero attached hydrogens (tertiary/aromatic N) is 1. The number of anilines is 1. The molecule has 1 N–H and O–H groups in total. The van der Waals surface area contributed by atoms with Crippen molar-refractivity contribution in [1.82, 2.24) is 0 Å². The molecule has 0 aliphatic rings. The van der Waals surface area contributed by atoms with Crippen LogP contribution in [0.4, 0.5) is 11.4 Å². The maximum absolute atomic E-state index is 11.0. The van der Waals surface area contributed by atoms with Crippen LogP contribution in [-0.2, 0) is 15.3 Å². The summed E-state index contributed by atoms with van der Waals surface area (Å²) in [7, 11) is 1.36. The molecule has 20 heavy (non-hydrogen) atoms. The number of nitrogens with one attached hydrogen (secondary N) is 1. The Labute approximate surface area is 122 Å². The van der Waals surface area contributed by atoms with Crippen LogP contribution in [0.5, 0.6) is 0 Å². The second kappa shape index (κ2) is 8.42. The van der Waals surface area contributed by atoms with Crippen LogP contribution in [0.25, 0.3) is 0 Å². The van der Waals surface area contributed by atoms with E-state index in [0.29, 0.717) is 30.2 Å². The second-order valence-corrected chi connectivity index (χ2v) is 5.12. The first-order valence-corrected chi connectivity index (χ1v) is 7.39. The van der Waals surface area contributed by atoms with Gasteiger partial charge in [-0.05, 0) is 18.6 Å². The number of ether oxygens (including phenoxy) is 1. The van der Waals surface area contributed by atoms with Crippen LogP contribution < -0.4 is 5.32 Å². The molecule has 0 fully saturated rings. The van der Waals surface area contributed by atoms with Crippen molar-refractivity contribution >= 4 is 29.1 Å². The Kier molecular flexibility index (Phi) is 6.86. The summed E-state index contributed by atoms with van der Waals surface area (Å²) in [5.41, 5.74) is 1.48. The van der Waals surface area contributed by atoms with Crippen molar-refractivity contribution in [1.29, 1.82) is 0 Å². The molecule has 0 atom stereocenters. The molecule has 6 nitrogen and oxygen atoms in total. The van der Waals surface area contributed by atoms with E-state index in [1.165, 1.54) is 7.11 Å². The van der Waals surface area contributed by atoms with Gasteiger partial charge in [-0.15, -0.1) is 0 Å². The summed E-state index contributed by atoms with van der Waals surface area (Å²) < 4.78 is 4.55. The highest BCUT2D eigenvalue weighted by Gasteiger charge is 2.13. The van der Waals surface area contributed by atoms with E-state index in [1.807, 2.05) is 13.0 Å². The van der Waals surface area contributed by atoms with Crippen molar-refractivity contribution in [2.75, 3.05) is 24.7 Å². The van der Waals surface area contributed by atoms with Gasteiger partial charge in [0.2, 0.25) is 0 Å². The summed E-state index contributed by atoms with van der Waals surface area (Å²) in [5.74, 6) is 1.02. The predicted octanol–water partition coefficient (Wildman–Crippen LogP) is 2.82. The van der Waals surface area contributed by atoms with Crippen molar-refractivity contribution < 1.29 is 14.5 Å². The van der Waals surface area contributed by atoms with Gasteiger partial charge in [-0.1, -0.05) is 6.07 Å². The zero-order valence-electron chi connectivity index (χ0n) is 11.5. The highest BCUT2D eigenvalue weighted by molar-refractivity contribution is 7.98. The molecule has 1 aromatic carbocycles. The van der Waals surface area contributed by atoms with Gasteiger partial charge >= 0.3 is 5.97 Å². The number of esters is 1. The third-order valence-corrected chi connectivity index (χ3v) is 3.60. The van der Waals surface area contributed by atoms with Gasteiger partial charge in [-0.25, -0.2) is 0 Å². The van der Waals surface area contributed by atoms with Gasteiger partial charge in [0.25, 0.3) is 5.69 Å². The normalized spacial score (nSPS) is 10.1. The third-order valence-electron chi connectivity index (χ3n) is 2.57. The summed E-state index contributed by atoms with van der Waals surface area (Å²) in [4.78, 5) is 21.6. The van der Waals surface area contributed by atoms with Crippen LogP contribution in [0.2, 0.25) is 0 Å². The summed E-state index contributed by atoms with van der Waals surface area (Å²) in [5, 5.41) is 14.0. The Morgan fingerprint density at radius 2 is 2.25 bits per heavy atom. The van der Waals surface area contributed by atoms with Crippen molar-refractivity contribution in [3.05, 3.63) is 33.9 Å². The zero-order valence-corrected chi connectivity index (χ0v) is 12.4. The molecule has 1 aromatic rings. The van der Waals surface area contributed by atoms with E-state index in [9.17, 15) is 14.9 Å². The molecule has 0 amide bonds. The Bertz CT molecular complexity index is 479. The minimum atomic E-state index is -0.388. The second-order valence-electron chi connectivity index (χ2n) is 4.02. The fraction of sp³-hybridized carbons (Fsp3) is 0.462. The summed E-state index contributed by atoms with van der Waals surface area (Å²) >= 11 is 1.55. The lowest BCUT2D eigenvalue weighted by molar-refractivity contribution is -0.384. The molecule has 0 saturated heterocycles. The van der Waals surface area contributed by atoms with E-state index < -0.39 is 0 Å². The topological polar surface area (TPSA) is 81.5 Å². The fourth-order valence-corrected chi connectivity index (χ4v) is 2.48. The van der Waals surface area contributed by atoms with E-state index >= 15 is 0 Å². The molecule has 0 aromatic heterocycles. The SMILES string of the molecule is CCNc1ccc(CSCCC(=O)OC)cc1[N+](=O)[O-]. The van der Waals surface area contributed by atoms with Crippen molar-refractivity contribution in [2.24, 2.45) is 0 Å². The Morgan fingerprint density at radius 3 is 2.85 bits per heavy atom. The highest BCUT2D eigenvalue weighted by Crippen LogP contribution is 2.27. The third kappa shape index (κ3) is 5.08. The quantitative estimate of drug-likeness (QED) is 0.344. The van der Waals surface area contributed by atoms with Crippen molar-refractivity contribution in [3.63, 3.8) is 0 Å². The molecule has 0 aliphatic carbocycles. The van der Waals surface area contributed by atoms with E-state index in [-0.39, 0.29) is 16.6 Å². The number of thioether (sulfide) groups is 1. The van der Waals surface area contributed by atoms with Gasteiger partial charge in [-0.2, -0.15) is 11.8 Å². The molecule has 0 aliphatic heterocycles. The standard InChI is InChI=1S/C13H18N2O4S/c1-3-14-11-5-4-10(8-12(11)15(17)18)9-20-7-6-13(16)19-2/h4-5,8,14H,3,6-7,9H2,1-2H3. The number of carbonyl (C=O) groups excluding carboxylic acids is 1. The molecular formula is C13H18N2O4S. The van der Waals surface area contributed by atoms with Gasteiger partial charge in [0.1, 0.15) is 5.69 Å². The molecule has 0 unspecified atom stereocenters. The van der Waals surface area contributed by atoms with Crippen LogP contribution in [0, 0.1) is 10.1 Å². The molecule has 0 radical (unpaired) electrons. The molecule has 0 spiro atoms. The Balaban J connectivity index is 2.61. The van der Waals surface area contributed by atoms with Gasteiger partial charge < -0.3 is 10.1 Å². The predicted molar refractivity (Wildman–Crippen MR) is 80.1 cm³/mol. The van der Waals surface area contributed by atoms with E-state index in [2.05, 4.69) is 10.1 Å². The number of carbonyl (C=O) groups is 1. The van der Waals surface area contributed by atoms with E-state index in [1.54, 1.807) is 23.9 Å². The van der Waals surface area contributed by atoms with Gasteiger partial charge in [0.05, 0.1) is 18.5 Å². The molecule has 1 rings (SSSR count). The Hall–Kier alpha value is -1.76. The average molecular weight is 298 g/mol. The van der Waals surface area contributed by atoms with E-state index in [0.717, 1.165) is 5.56 Å². The maximum atomic E-state index is 11.0. The number of benzene rings is 1. The van der Waals surface area contributed by atoms with Crippen LogP contribution in [-0.4, -0.2) is 30.3 Å². The van der Waals surface area contributed by atoms with Crippen molar-refractivity contribution in [2.45, 2.75) is 19.1 Å².